The van der Waals surface area contributed by atoms with Crippen molar-refractivity contribution in [1.29, 1.82) is 0 Å². The van der Waals surface area contributed by atoms with Crippen LogP contribution >= 0.6 is 11.6 Å². The Bertz CT molecular complexity index is 657. The van der Waals surface area contributed by atoms with E-state index in [9.17, 15) is 4.79 Å². The molecule has 0 bridgehead atoms. The molecule has 3 N–H and O–H groups in total. The second-order valence-electron chi connectivity index (χ2n) is 4.26. The molecule has 0 atom stereocenters. The molecule has 5 nitrogen and oxygen atoms in total. The Balaban J connectivity index is 2.26. The highest BCUT2D eigenvalue weighted by Gasteiger charge is 2.14. The molecule has 2 aromatic carbocycles. The van der Waals surface area contributed by atoms with E-state index < -0.39 is 0 Å². The van der Waals surface area contributed by atoms with Gasteiger partial charge in [0, 0.05) is 17.3 Å². The number of carbonyl (C=O) groups excluding carboxylic acids is 1. The van der Waals surface area contributed by atoms with E-state index in [1.165, 1.54) is 7.11 Å². The van der Waals surface area contributed by atoms with Crippen molar-refractivity contribution in [3.63, 3.8) is 0 Å². The van der Waals surface area contributed by atoms with Gasteiger partial charge in [-0.1, -0.05) is 11.6 Å². The number of hydrogen-bond acceptors (Lipinski definition) is 4. The molecular formula is C15H15ClN2O3. The summed E-state index contributed by atoms with van der Waals surface area (Å²) in [6, 6.07) is 9.87. The summed E-state index contributed by atoms with van der Waals surface area (Å²) in [4.78, 5) is 12.2. The fourth-order valence-electron chi connectivity index (χ4n) is 1.81. The van der Waals surface area contributed by atoms with Gasteiger partial charge in [0.25, 0.3) is 5.91 Å². The first kappa shape index (κ1) is 15.0. The second-order valence-corrected chi connectivity index (χ2v) is 4.67. The van der Waals surface area contributed by atoms with Gasteiger partial charge in [-0.05, 0) is 30.3 Å². The number of nitrogens with two attached hydrogens (primary N) is 1. The van der Waals surface area contributed by atoms with Crippen molar-refractivity contribution in [2.75, 3.05) is 25.3 Å². The molecular weight excluding hydrogens is 292 g/mol. The molecule has 21 heavy (non-hydrogen) atoms. The number of carbonyl (C=O) groups is 1. The summed E-state index contributed by atoms with van der Waals surface area (Å²) in [5.41, 5.74) is 7.01. The van der Waals surface area contributed by atoms with E-state index >= 15 is 0 Å². The lowest BCUT2D eigenvalue weighted by Gasteiger charge is -2.13. The number of methoxy groups -OCH3 is 2. The number of anilines is 2. The summed E-state index contributed by atoms with van der Waals surface area (Å²) in [5, 5.41) is 3.03. The zero-order valence-corrected chi connectivity index (χ0v) is 12.4. The Morgan fingerprint density at radius 3 is 2.38 bits per heavy atom. The van der Waals surface area contributed by atoms with E-state index in [1.54, 1.807) is 43.5 Å². The van der Waals surface area contributed by atoms with Crippen molar-refractivity contribution >= 4 is 28.9 Å². The number of halogens is 1. The molecule has 0 fully saturated rings. The lowest BCUT2D eigenvalue weighted by atomic mass is 10.2. The molecule has 0 unspecified atom stereocenters. The molecule has 0 saturated heterocycles. The monoisotopic (exact) mass is 306 g/mol. The van der Waals surface area contributed by atoms with E-state index in [-0.39, 0.29) is 5.91 Å². The lowest BCUT2D eigenvalue weighted by Crippen LogP contribution is -2.13. The van der Waals surface area contributed by atoms with Crippen LogP contribution in [0.5, 0.6) is 11.5 Å². The van der Waals surface area contributed by atoms with Crippen molar-refractivity contribution in [3.05, 3.63) is 47.0 Å². The van der Waals surface area contributed by atoms with E-state index in [2.05, 4.69) is 5.32 Å². The predicted molar refractivity (Wildman–Crippen MR) is 83.4 cm³/mol. The van der Waals surface area contributed by atoms with E-state index in [1.807, 2.05) is 0 Å². The summed E-state index contributed by atoms with van der Waals surface area (Å²) < 4.78 is 10.2. The first-order valence-electron chi connectivity index (χ1n) is 6.13. The number of benzene rings is 2. The smallest absolute Gasteiger partial charge is 0.255 e. The molecule has 0 spiro atoms. The zero-order valence-electron chi connectivity index (χ0n) is 11.6. The van der Waals surface area contributed by atoms with Gasteiger partial charge in [-0.3, -0.25) is 4.79 Å². The molecule has 0 aromatic heterocycles. The molecule has 2 aromatic rings. The number of nitrogens with one attached hydrogen (secondary N) is 1. The average molecular weight is 307 g/mol. The molecule has 0 aliphatic rings. The van der Waals surface area contributed by atoms with Crippen molar-refractivity contribution in [3.8, 4) is 11.5 Å². The van der Waals surface area contributed by atoms with E-state index in [4.69, 9.17) is 26.8 Å². The Morgan fingerprint density at radius 2 is 1.81 bits per heavy atom. The predicted octanol–water partition coefficient (Wildman–Crippen LogP) is 3.19. The van der Waals surface area contributed by atoms with Crippen molar-refractivity contribution in [1.82, 2.24) is 0 Å². The quantitative estimate of drug-likeness (QED) is 0.851. The third kappa shape index (κ3) is 3.38. The minimum atomic E-state index is -0.303. The lowest BCUT2D eigenvalue weighted by molar-refractivity contribution is 0.102. The molecule has 0 aliphatic heterocycles. The maximum Gasteiger partial charge on any atom is 0.255 e. The SMILES string of the molecule is COc1ccc(C(=O)Nc2c(Cl)cc(N)cc2OC)cc1. The van der Waals surface area contributed by atoms with Crippen LogP contribution < -0.4 is 20.5 Å². The van der Waals surface area contributed by atoms with Gasteiger partial charge in [-0.15, -0.1) is 0 Å². The topological polar surface area (TPSA) is 73.6 Å². The molecule has 0 aliphatic carbocycles. The standard InChI is InChI=1S/C15H15ClN2O3/c1-20-11-5-3-9(4-6-11)15(19)18-14-12(16)7-10(17)8-13(14)21-2/h3-8H,17H2,1-2H3,(H,18,19). The fraction of sp³-hybridized carbons (Fsp3) is 0.133. The Labute approximate surface area is 127 Å². The third-order valence-electron chi connectivity index (χ3n) is 2.89. The van der Waals surface area contributed by atoms with Crippen molar-refractivity contribution in [2.24, 2.45) is 0 Å². The molecule has 110 valence electrons. The van der Waals surface area contributed by atoms with Gasteiger partial charge in [0.1, 0.15) is 17.2 Å². The minimum Gasteiger partial charge on any atom is -0.497 e. The number of ether oxygens (including phenoxy) is 2. The molecule has 0 heterocycles. The first-order valence-corrected chi connectivity index (χ1v) is 6.51. The molecule has 0 saturated carbocycles. The summed E-state index contributed by atoms with van der Waals surface area (Å²) in [7, 11) is 3.04. The minimum absolute atomic E-state index is 0.303. The molecule has 0 radical (unpaired) electrons. The van der Waals surface area contributed by atoms with Gasteiger partial charge >= 0.3 is 0 Å². The first-order chi connectivity index (χ1) is 10.0. The van der Waals surface area contributed by atoms with Gasteiger partial charge < -0.3 is 20.5 Å². The van der Waals surface area contributed by atoms with Crippen LogP contribution in [0.3, 0.4) is 0 Å². The Hall–Kier alpha value is -2.40. The summed E-state index contributed by atoms with van der Waals surface area (Å²) >= 11 is 6.10. The number of rotatable bonds is 4. The molecule has 2 rings (SSSR count). The Kier molecular flexibility index (Phi) is 4.55. The zero-order chi connectivity index (χ0) is 15.4. The van der Waals surface area contributed by atoms with Crippen LogP contribution in [0.4, 0.5) is 11.4 Å². The van der Waals surface area contributed by atoms with Gasteiger partial charge in [0.05, 0.1) is 19.2 Å². The highest BCUT2D eigenvalue weighted by Crippen LogP contribution is 2.35. The van der Waals surface area contributed by atoms with Gasteiger partial charge in [0.2, 0.25) is 0 Å². The van der Waals surface area contributed by atoms with Gasteiger partial charge in [0.15, 0.2) is 0 Å². The average Bonchev–Trinajstić information content (AvgIpc) is 2.49. The fourth-order valence-corrected chi connectivity index (χ4v) is 2.08. The third-order valence-corrected chi connectivity index (χ3v) is 3.19. The summed E-state index contributed by atoms with van der Waals surface area (Å²) in [5.74, 6) is 0.777. The summed E-state index contributed by atoms with van der Waals surface area (Å²) in [6.07, 6.45) is 0. The van der Waals surface area contributed by atoms with E-state index in [0.717, 1.165) is 0 Å². The number of nitrogen functional groups attached to an aromatic ring is 1. The normalized spacial score (nSPS) is 10.0. The van der Waals surface area contributed by atoms with Gasteiger partial charge in [-0.2, -0.15) is 0 Å². The van der Waals surface area contributed by atoms with E-state index in [0.29, 0.717) is 33.5 Å². The van der Waals surface area contributed by atoms with Crippen molar-refractivity contribution < 1.29 is 14.3 Å². The van der Waals surface area contributed by atoms with Crippen LogP contribution in [-0.4, -0.2) is 20.1 Å². The highest BCUT2D eigenvalue weighted by atomic mass is 35.5. The molecule has 6 heteroatoms. The Morgan fingerprint density at radius 1 is 1.14 bits per heavy atom. The van der Waals surface area contributed by atoms with Crippen LogP contribution in [0.2, 0.25) is 5.02 Å². The van der Waals surface area contributed by atoms with Crippen LogP contribution in [0.15, 0.2) is 36.4 Å². The number of hydrogen-bond donors (Lipinski definition) is 2. The van der Waals surface area contributed by atoms with Crippen LogP contribution in [0.1, 0.15) is 10.4 Å². The van der Waals surface area contributed by atoms with Crippen LogP contribution in [0.25, 0.3) is 0 Å². The number of amides is 1. The summed E-state index contributed by atoms with van der Waals surface area (Å²) in [6.45, 7) is 0. The maximum atomic E-state index is 12.2. The van der Waals surface area contributed by atoms with Gasteiger partial charge in [-0.25, -0.2) is 0 Å². The van der Waals surface area contributed by atoms with Crippen molar-refractivity contribution in [2.45, 2.75) is 0 Å². The molecule has 1 amide bonds. The second kappa shape index (κ2) is 6.37. The largest absolute Gasteiger partial charge is 0.497 e. The highest BCUT2D eigenvalue weighted by molar-refractivity contribution is 6.34. The van der Waals surface area contributed by atoms with Crippen LogP contribution in [0, 0.1) is 0 Å². The maximum absolute atomic E-state index is 12.2. The van der Waals surface area contributed by atoms with Crippen LogP contribution in [-0.2, 0) is 0 Å².